The molecule has 0 aromatic heterocycles. The van der Waals surface area contributed by atoms with E-state index in [0.717, 1.165) is 5.56 Å². The van der Waals surface area contributed by atoms with Crippen molar-refractivity contribution >= 4 is 0 Å². The molecule has 0 aliphatic carbocycles. The van der Waals surface area contributed by atoms with E-state index in [0.29, 0.717) is 41.5 Å². The fourth-order valence-electron chi connectivity index (χ4n) is 3.31. The fraction of sp³-hybridized carbons (Fsp3) is 0.250. The summed E-state index contributed by atoms with van der Waals surface area (Å²) in [4.78, 5) is 0. The first-order valence-electron chi connectivity index (χ1n) is 9.30. The molecular formula is C24H22F4. The van der Waals surface area contributed by atoms with E-state index in [2.05, 4.69) is 0 Å². The molecule has 0 radical (unpaired) electrons. The van der Waals surface area contributed by atoms with Gasteiger partial charge in [-0.2, -0.15) is 0 Å². The molecule has 3 rings (SSSR count). The Morgan fingerprint density at radius 2 is 1.07 bits per heavy atom. The molecule has 0 heterocycles. The van der Waals surface area contributed by atoms with Crippen molar-refractivity contribution in [2.24, 2.45) is 0 Å². The molecule has 3 aromatic carbocycles. The molecule has 0 unspecified atom stereocenters. The molecule has 146 valence electrons. The normalized spacial score (nSPS) is 11.1. The Bertz CT molecular complexity index is 969. The van der Waals surface area contributed by atoms with Crippen LogP contribution < -0.4 is 0 Å². The summed E-state index contributed by atoms with van der Waals surface area (Å²) in [5.41, 5.74) is 3.11. The van der Waals surface area contributed by atoms with Gasteiger partial charge in [0.15, 0.2) is 0 Å². The minimum absolute atomic E-state index is 0.0185. The van der Waals surface area contributed by atoms with Crippen LogP contribution in [0.2, 0.25) is 0 Å². The third-order valence-electron chi connectivity index (χ3n) is 4.94. The average Bonchev–Trinajstić information content (AvgIpc) is 2.61. The van der Waals surface area contributed by atoms with Gasteiger partial charge in [0.25, 0.3) is 0 Å². The Kier molecular flexibility index (Phi) is 6.18. The van der Waals surface area contributed by atoms with Crippen molar-refractivity contribution in [2.75, 3.05) is 0 Å². The second kappa shape index (κ2) is 8.59. The van der Waals surface area contributed by atoms with Crippen LogP contribution in [-0.4, -0.2) is 0 Å². The van der Waals surface area contributed by atoms with E-state index in [4.69, 9.17) is 0 Å². The highest BCUT2D eigenvalue weighted by atomic mass is 19.1. The highest BCUT2D eigenvalue weighted by Crippen LogP contribution is 2.20. The average molecular weight is 386 g/mol. The standard InChI is InChI=1S/C24H22F4/c1-15-3-6-18(21(25)11-15)8-9-19-7-4-17(14-22(19)26)5-10-20-23(27)12-16(2)13-24(20)28/h3-4,6-7,11-14H,5,8-10H2,1-2H3. The van der Waals surface area contributed by atoms with Crippen molar-refractivity contribution in [1.82, 2.24) is 0 Å². The number of aryl methyl sites for hydroxylation is 5. The van der Waals surface area contributed by atoms with Crippen molar-refractivity contribution in [1.29, 1.82) is 0 Å². The zero-order valence-electron chi connectivity index (χ0n) is 16.0. The highest BCUT2D eigenvalue weighted by Gasteiger charge is 2.11. The Labute approximate surface area is 162 Å². The maximum Gasteiger partial charge on any atom is 0.129 e. The molecular weight excluding hydrogens is 364 g/mol. The summed E-state index contributed by atoms with van der Waals surface area (Å²) in [5.74, 6) is -1.81. The zero-order chi connectivity index (χ0) is 20.3. The van der Waals surface area contributed by atoms with E-state index in [1.54, 1.807) is 25.1 Å². The summed E-state index contributed by atoms with van der Waals surface area (Å²) in [5, 5.41) is 0. The fourth-order valence-corrected chi connectivity index (χ4v) is 3.31. The summed E-state index contributed by atoms with van der Waals surface area (Å²) in [6, 6.07) is 12.4. The van der Waals surface area contributed by atoms with Gasteiger partial charge in [0.05, 0.1) is 0 Å². The van der Waals surface area contributed by atoms with E-state index in [1.165, 1.54) is 24.3 Å². The molecule has 0 spiro atoms. The number of hydrogen-bond acceptors (Lipinski definition) is 0. The molecule has 0 atom stereocenters. The van der Waals surface area contributed by atoms with Gasteiger partial charge in [0.2, 0.25) is 0 Å². The maximum atomic E-state index is 14.4. The van der Waals surface area contributed by atoms with Gasteiger partial charge >= 0.3 is 0 Å². The molecule has 4 heteroatoms. The van der Waals surface area contributed by atoms with Crippen LogP contribution in [0, 0.1) is 37.1 Å². The molecule has 0 aliphatic heterocycles. The quantitative estimate of drug-likeness (QED) is 0.428. The lowest BCUT2D eigenvalue weighted by Crippen LogP contribution is -2.02. The monoisotopic (exact) mass is 386 g/mol. The van der Waals surface area contributed by atoms with Gasteiger partial charge in [-0.1, -0.05) is 24.3 Å². The van der Waals surface area contributed by atoms with Crippen LogP contribution in [0.4, 0.5) is 17.6 Å². The molecule has 0 amide bonds. The van der Waals surface area contributed by atoms with Crippen molar-refractivity contribution in [3.05, 3.63) is 105 Å². The first-order chi connectivity index (χ1) is 13.3. The van der Waals surface area contributed by atoms with Gasteiger partial charge in [-0.05, 0) is 91.6 Å². The predicted molar refractivity (Wildman–Crippen MR) is 103 cm³/mol. The van der Waals surface area contributed by atoms with Gasteiger partial charge in [0.1, 0.15) is 23.3 Å². The van der Waals surface area contributed by atoms with Crippen molar-refractivity contribution < 1.29 is 17.6 Å². The smallest absolute Gasteiger partial charge is 0.129 e. The summed E-state index contributed by atoms with van der Waals surface area (Å²) in [6.07, 6.45) is 1.28. The molecule has 0 saturated carbocycles. The molecule has 0 aliphatic rings. The first kappa shape index (κ1) is 20.1. The SMILES string of the molecule is Cc1ccc(CCc2ccc(CCc3c(F)cc(C)cc3F)cc2F)c(F)c1. The summed E-state index contributed by atoms with van der Waals surface area (Å²) >= 11 is 0. The van der Waals surface area contributed by atoms with Crippen molar-refractivity contribution in [2.45, 2.75) is 39.5 Å². The Morgan fingerprint density at radius 1 is 0.536 bits per heavy atom. The summed E-state index contributed by atoms with van der Waals surface area (Å²) < 4.78 is 56.2. The van der Waals surface area contributed by atoms with Gasteiger partial charge in [-0.3, -0.25) is 0 Å². The van der Waals surface area contributed by atoms with E-state index >= 15 is 0 Å². The largest absolute Gasteiger partial charge is 0.207 e. The molecule has 28 heavy (non-hydrogen) atoms. The van der Waals surface area contributed by atoms with Gasteiger partial charge in [-0.25, -0.2) is 17.6 Å². The second-order valence-electron chi connectivity index (χ2n) is 7.23. The second-order valence-corrected chi connectivity index (χ2v) is 7.23. The zero-order valence-corrected chi connectivity index (χ0v) is 16.0. The summed E-state index contributed by atoms with van der Waals surface area (Å²) in [7, 11) is 0. The minimum atomic E-state index is -0.574. The van der Waals surface area contributed by atoms with Crippen LogP contribution in [0.25, 0.3) is 0 Å². The van der Waals surface area contributed by atoms with Crippen molar-refractivity contribution in [3.8, 4) is 0 Å². The molecule has 0 saturated heterocycles. The van der Waals surface area contributed by atoms with Crippen LogP contribution in [0.5, 0.6) is 0 Å². The minimum Gasteiger partial charge on any atom is -0.207 e. The summed E-state index contributed by atoms with van der Waals surface area (Å²) in [6.45, 7) is 3.45. The van der Waals surface area contributed by atoms with Gasteiger partial charge in [-0.15, -0.1) is 0 Å². The molecule has 0 nitrogen and oxygen atoms in total. The molecule has 0 N–H and O–H groups in total. The Balaban J connectivity index is 1.65. The van der Waals surface area contributed by atoms with E-state index in [-0.39, 0.29) is 23.6 Å². The Morgan fingerprint density at radius 3 is 1.64 bits per heavy atom. The highest BCUT2D eigenvalue weighted by molar-refractivity contribution is 5.30. The lowest BCUT2D eigenvalue weighted by atomic mass is 9.98. The molecule has 0 fully saturated rings. The van der Waals surface area contributed by atoms with E-state index < -0.39 is 11.6 Å². The number of halogens is 4. The first-order valence-corrected chi connectivity index (χ1v) is 9.30. The molecule has 0 bridgehead atoms. The lowest BCUT2D eigenvalue weighted by molar-refractivity contribution is 0.552. The van der Waals surface area contributed by atoms with E-state index in [1.807, 2.05) is 13.0 Å². The maximum absolute atomic E-state index is 14.4. The lowest BCUT2D eigenvalue weighted by Gasteiger charge is -2.09. The van der Waals surface area contributed by atoms with Crippen LogP contribution in [-0.2, 0) is 25.7 Å². The van der Waals surface area contributed by atoms with Crippen molar-refractivity contribution in [3.63, 3.8) is 0 Å². The predicted octanol–water partition coefficient (Wildman–Crippen LogP) is 6.43. The van der Waals surface area contributed by atoms with Crippen LogP contribution >= 0.6 is 0 Å². The van der Waals surface area contributed by atoms with Crippen LogP contribution in [0.1, 0.15) is 33.4 Å². The third kappa shape index (κ3) is 4.80. The van der Waals surface area contributed by atoms with Gasteiger partial charge < -0.3 is 0 Å². The van der Waals surface area contributed by atoms with E-state index in [9.17, 15) is 17.6 Å². The van der Waals surface area contributed by atoms with Crippen LogP contribution in [0.3, 0.4) is 0 Å². The van der Waals surface area contributed by atoms with Crippen LogP contribution in [0.15, 0.2) is 48.5 Å². The number of rotatable bonds is 6. The topological polar surface area (TPSA) is 0 Å². The third-order valence-corrected chi connectivity index (χ3v) is 4.94. The Hall–Kier alpha value is -2.62. The number of hydrogen-bond donors (Lipinski definition) is 0. The van der Waals surface area contributed by atoms with Gasteiger partial charge in [0, 0.05) is 5.56 Å². The number of benzene rings is 3. The molecule has 3 aromatic rings.